The Morgan fingerprint density at radius 2 is 1.32 bits per heavy atom. The lowest BCUT2D eigenvalue weighted by Gasteiger charge is -2.67. The third-order valence-electron chi connectivity index (χ3n) is 18.7. The van der Waals surface area contributed by atoms with Gasteiger partial charge in [0.15, 0.2) is 17.5 Å². The SMILES string of the molecule is CC(=O)O[C@H]1C(=O)[C@@]2(C)[C@H]([C@H](OC(=O)c3ccccc3)[C@]3(O)C[C@H](OC(=O)[C@H](OC(=O)N(C)CCN(C)C(=O)OC(C)c4ccc([N+](=O)[O-])c(Oc5ccc(C(=O)N(C)C)cc5)c4)[C@@H](NC(=O)c4ccccc4)c4ccccc4)C(C)=C1C3(C)C)[C@]1(OC(C)=O)CO[C@@H]1C[C@@H]2O. The second-order valence-corrected chi connectivity index (χ2v) is 25.4. The maximum Gasteiger partial charge on any atom is 0.410 e. The monoisotopic (exact) mass is 1320 g/mol. The zero-order chi connectivity index (χ0) is 69.9. The number of carbonyl (C=O) groups excluding carboxylic acids is 9. The van der Waals surface area contributed by atoms with Gasteiger partial charge in [0.2, 0.25) is 11.9 Å². The smallest absolute Gasteiger partial charge is 0.410 e. The Labute approximate surface area is 553 Å². The minimum Gasteiger partial charge on any atom is -0.455 e. The van der Waals surface area contributed by atoms with E-state index in [2.05, 4.69) is 5.32 Å². The fourth-order valence-electron chi connectivity index (χ4n) is 13.3. The molecular weight excluding hydrogens is 1250 g/mol. The van der Waals surface area contributed by atoms with Gasteiger partial charge in [-0.3, -0.25) is 34.1 Å². The van der Waals surface area contributed by atoms with Crippen LogP contribution in [0.4, 0.5) is 15.3 Å². The lowest BCUT2D eigenvalue weighted by atomic mass is 9.44. The van der Waals surface area contributed by atoms with Gasteiger partial charge in [-0.05, 0) is 104 Å². The van der Waals surface area contributed by atoms with Crippen molar-refractivity contribution in [3.05, 3.63) is 183 Å². The summed E-state index contributed by atoms with van der Waals surface area (Å²) in [5.74, 6) is -7.76. The minimum atomic E-state index is -2.56. The van der Waals surface area contributed by atoms with Crippen LogP contribution in [0.3, 0.4) is 0 Å². The third-order valence-corrected chi connectivity index (χ3v) is 18.7. The number of aliphatic hydroxyl groups is 2. The van der Waals surface area contributed by atoms with Gasteiger partial charge in [-0.15, -0.1) is 0 Å². The van der Waals surface area contributed by atoms with Crippen LogP contribution >= 0.6 is 0 Å². The summed E-state index contributed by atoms with van der Waals surface area (Å²) in [6.45, 7) is 8.66. The number of nitro benzene ring substituents is 1. The summed E-state index contributed by atoms with van der Waals surface area (Å²) in [4.78, 5) is 143. The quantitative estimate of drug-likeness (QED) is 0.0218. The molecule has 3 fully saturated rings. The van der Waals surface area contributed by atoms with Gasteiger partial charge < -0.3 is 68.1 Å². The van der Waals surface area contributed by atoms with E-state index in [1.54, 1.807) is 80.8 Å². The van der Waals surface area contributed by atoms with E-state index in [1.807, 2.05) is 0 Å². The molecule has 5 aromatic carbocycles. The highest BCUT2D eigenvalue weighted by molar-refractivity contribution is 5.97. The molecule has 12 atom stereocenters. The number of hydrogen-bond donors (Lipinski definition) is 3. The zero-order valence-corrected chi connectivity index (χ0v) is 54.9. The summed E-state index contributed by atoms with van der Waals surface area (Å²) in [5, 5.41) is 41.4. The van der Waals surface area contributed by atoms with Crippen molar-refractivity contribution < 1.29 is 96.2 Å². The highest BCUT2D eigenvalue weighted by atomic mass is 16.6. The summed E-state index contributed by atoms with van der Waals surface area (Å²) in [5.41, 5.74) is -7.86. The van der Waals surface area contributed by atoms with Crippen LogP contribution in [0.1, 0.15) is 116 Å². The highest BCUT2D eigenvalue weighted by Gasteiger charge is 2.78. The number of ketones is 1. The molecule has 3 aliphatic carbocycles. The first-order chi connectivity index (χ1) is 45.3. The molecular formula is C70H77N5O21. The maximum absolute atomic E-state index is 16.0. The van der Waals surface area contributed by atoms with Gasteiger partial charge in [0.25, 0.3) is 11.8 Å². The first-order valence-corrected chi connectivity index (χ1v) is 31.0. The number of amides is 4. The van der Waals surface area contributed by atoms with Crippen molar-refractivity contribution >= 4 is 59.3 Å². The van der Waals surface area contributed by atoms with Crippen molar-refractivity contribution in [2.75, 3.05) is 47.9 Å². The van der Waals surface area contributed by atoms with E-state index in [-0.39, 0.29) is 64.8 Å². The van der Waals surface area contributed by atoms with E-state index in [0.29, 0.717) is 11.1 Å². The van der Waals surface area contributed by atoms with Crippen LogP contribution in [0, 0.1) is 26.9 Å². The number of nitrogens with one attached hydrogen (secondary N) is 1. The van der Waals surface area contributed by atoms with Crippen LogP contribution in [-0.4, -0.2) is 179 Å². The second kappa shape index (κ2) is 28.1. The summed E-state index contributed by atoms with van der Waals surface area (Å²) >= 11 is 0. The van der Waals surface area contributed by atoms with Gasteiger partial charge in [0.05, 0.1) is 34.5 Å². The molecule has 0 aromatic heterocycles. The van der Waals surface area contributed by atoms with Gasteiger partial charge in [-0.25, -0.2) is 19.2 Å². The largest absolute Gasteiger partial charge is 0.455 e. The predicted molar refractivity (Wildman–Crippen MR) is 340 cm³/mol. The maximum atomic E-state index is 16.0. The standard InChI is InChI=1S/C70H77N5O21/c1-39-51(37-70(86)60(95-63(82)46-25-19-14-20-26-46)58-68(7,52(78)36-53-69(58,38-89-53)96-42(4)77)59(79)56(91-41(3)76)54(39)67(70,5)6)93-64(83)57(55(43-21-15-12-16-22-43)71-61(80)44-23-17-13-18-24-44)94-66(85)74(11)34-33-73(10)65(84)90-40(2)47-29-32-49(75(87)88)50(35-47)92-48-30-27-45(28-31-48)62(81)72(8)9/h12-32,35,40,51-53,55-58,60,78,86H,33-34,36-38H2,1-11H3,(H,71,80)/t40?,51-,52-,53+,55-,56+,57+,58-,60-,68+,69-,70+/m0/s1. The Balaban J connectivity index is 1.04. The summed E-state index contributed by atoms with van der Waals surface area (Å²) in [6, 6.07) is 31.9. The number of esters is 4. The lowest BCUT2D eigenvalue weighted by molar-refractivity contribution is -0.385. The first kappa shape index (κ1) is 70.3. The van der Waals surface area contributed by atoms with Crippen LogP contribution in [-0.2, 0) is 52.3 Å². The molecule has 3 N–H and O–H groups in total. The van der Waals surface area contributed by atoms with Crippen LogP contribution < -0.4 is 10.1 Å². The lowest BCUT2D eigenvalue weighted by Crippen LogP contribution is -2.82. The number of nitrogens with zero attached hydrogens (tertiary/aromatic N) is 4. The van der Waals surface area contributed by atoms with Crippen molar-refractivity contribution in [1.82, 2.24) is 20.0 Å². The van der Waals surface area contributed by atoms with Crippen molar-refractivity contribution in [1.29, 1.82) is 0 Å². The second-order valence-electron chi connectivity index (χ2n) is 25.4. The van der Waals surface area contributed by atoms with E-state index in [1.165, 1.54) is 120 Å². The first-order valence-electron chi connectivity index (χ1n) is 31.0. The summed E-state index contributed by atoms with van der Waals surface area (Å²) < 4.78 is 48.9. The number of nitro groups is 1. The van der Waals surface area contributed by atoms with Crippen LogP contribution in [0.15, 0.2) is 145 Å². The molecule has 9 rings (SSSR count). The normalized spacial score (nSPS) is 24.7. The number of benzene rings is 5. The van der Waals surface area contributed by atoms with Gasteiger partial charge in [-0.1, -0.05) is 80.6 Å². The van der Waals surface area contributed by atoms with Gasteiger partial charge >= 0.3 is 41.8 Å². The van der Waals surface area contributed by atoms with E-state index in [4.69, 9.17) is 37.9 Å². The molecule has 1 unspecified atom stereocenters. The van der Waals surface area contributed by atoms with E-state index < -0.39 is 148 Å². The average molecular weight is 1320 g/mol. The number of aliphatic hydroxyl groups excluding tert-OH is 1. The van der Waals surface area contributed by atoms with Gasteiger partial charge in [0.1, 0.15) is 41.8 Å². The van der Waals surface area contributed by atoms with Crippen molar-refractivity contribution in [2.24, 2.45) is 16.7 Å². The topological polar surface area (TPSA) is 333 Å². The molecule has 26 heteroatoms. The molecule has 0 spiro atoms. The van der Waals surface area contributed by atoms with Crippen LogP contribution in [0.25, 0.3) is 0 Å². The van der Waals surface area contributed by atoms with E-state index >= 15 is 9.59 Å². The Bertz CT molecular complexity index is 3850. The van der Waals surface area contributed by atoms with Crippen molar-refractivity contribution in [3.8, 4) is 11.5 Å². The molecule has 508 valence electrons. The van der Waals surface area contributed by atoms with E-state index in [9.17, 15) is 53.9 Å². The molecule has 1 saturated heterocycles. The Morgan fingerprint density at radius 1 is 0.740 bits per heavy atom. The number of likely N-dealkylation sites (N-methyl/N-ethyl adjacent to an activating group) is 2. The molecule has 26 nitrogen and oxygen atoms in total. The van der Waals surface area contributed by atoms with Crippen LogP contribution in [0.5, 0.6) is 11.5 Å². The zero-order valence-electron chi connectivity index (χ0n) is 54.9. The highest BCUT2D eigenvalue weighted by Crippen LogP contribution is 2.64. The number of hydrogen-bond acceptors (Lipinski definition) is 21. The van der Waals surface area contributed by atoms with Crippen molar-refractivity contribution in [2.45, 2.75) is 121 Å². The van der Waals surface area contributed by atoms with E-state index in [0.717, 1.165) is 23.6 Å². The Hall–Kier alpha value is -10.1. The molecule has 5 aromatic rings. The van der Waals surface area contributed by atoms with Gasteiger partial charge in [-0.2, -0.15) is 0 Å². The average Bonchev–Trinajstić information content (AvgIpc) is 0.670. The molecule has 1 heterocycles. The molecule has 2 bridgehead atoms. The van der Waals surface area contributed by atoms with Crippen molar-refractivity contribution in [3.63, 3.8) is 0 Å². The Kier molecular flexibility index (Phi) is 20.6. The minimum absolute atomic E-state index is 0.00137. The molecule has 4 amide bonds. The molecule has 4 aliphatic rings. The summed E-state index contributed by atoms with van der Waals surface area (Å²) in [7, 11) is 5.87. The Morgan fingerprint density at radius 3 is 1.88 bits per heavy atom. The van der Waals surface area contributed by atoms with Crippen LogP contribution in [0.2, 0.25) is 0 Å². The van der Waals surface area contributed by atoms with Gasteiger partial charge in [0, 0.05) is 90.6 Å². The number of carbonyl (C=O) groups is 9. The number of fused-ring (bicyclic) bond motifs is 5. The molecule has 2 saturated carbocycles. The molecule has 0 radical (unpaired) electrons. The number of ether oxygens (including phenoxy) is 8. The fourth-order valence-corrected chi connectivity index (χ4v) is 13.3. The number of Topliss-reactive ketones (excluding diaryl/α,β-unsaturated/α-hetero) is 1. The fraction of sp³-hybridized carbons (Fsp3) is 0.414. The molecule has 96 heavy (non-hydrogen) atoms. The third kappa shape index (κ3) is 13.8. The summed E-state index contributed by atoms with van der Waals surface area (Å²) in [6.07, 6.45) is -14.6. The predicted octanol–water partition coefficient (Wildman–Crippen LogP) is 8.04. The number of rotatable bonds is 20. The molecule has 1 aliphatic heterocycles.